The number of nitriles is 1. The fourth-order valence-electron chi connectivity index (χ4n) is 6.67. The molecule has 51 heavy (non-hydrogen) atoms. The van der Waals surface area contributed by atoms with Crippen molar-refractivity contribution in [2.45, 2.75) is 0 Å². The molecular formula is C45H26N4O2. The van der Waals surface area contributed by atoms with Crippen molar-refractivity contribution in [3.05, 3.63) is 175 Å². The normalized spacial score (nSPS) is 11.1. The molecule has 0 atom stereocenters. The van der Waals surface area contributed by atoms with Gasteiger partial charge in [-0.3, -0.25) is 0 Å². The van der Waals surface area contributed by atoms with Crippen LogP contribution >= 0.6 is 0 Å². The molecule has 2 heterocycles. The highest BCUT2D eigenvalue weighted by Crippen LogP contribution is 2.40. The Balaban J connectivity index is 1.11. The SMILES string of the molecule is [C-]#[N+]c1cc(C#N)cc(-c2ccc(N(c3ccc(-c4nc5ccccc5o4)cc3)c3ccc(-c4cccc5c4oc4ccccc45)cc3)cc2)c1. The first-order valence-electron chi connectivity index (χ1n) is 16.5. The van der Waals surface area contributed by atoms with Crippen LogP contribution in [0.15, 0.2) is 167 Å². The molecule has 9 aromatic rings. The summed E-state index contributed by atoms with van der Waals surface area (Å²) in [6.07, 6.45) is 0. The van der Waals surface area contributed by atoms with Gasteiger partial charge in [0.2, 0.25) is 5.89 Å². The summed E-state index contributed by atoms with van der Waals surface area (Å²) in [4.78, 5) is 10.4. The van der Waals surface area contributed by atoms with Crippen molar-refractivity contribution in [3.63, 3.8) is 0 Å². The molecule has 0 spiro atoms. The van der Waals surface area contributed by atoms with Crippen molar-refractivity contribution in [1.29, 1.82) is 5.26 Å². The number of fused-ring (bicyclic) bond motifs is 4. The minimum absolute atomic E-state index is 0.437. The third-order valence-electron chi connectivity index (χ3n) is 9.14. The molecule has 0 aliphatic heterocycles. The molecule has 0 aliphatic carbocycles. The van der Waals surface area contributed by atoms with E-state index in [1.165, 1.54) is 0 Å². The zero-order chi connectivity index (χ0) is 34.3. The van der Waals surface area contributed by atoms with E-state index >= 15 is 0 Å². The number of oxazole rings is 1. The molecule has 0 saturated heterocycles. The van der Waals surface area contributed by atoms with Gasteiger partial charge in [-0.1, -0.05) is 72.8 Å². The summed E-state index contributed by atoms with van der Waals surface area (Å²) in [6.45, 7) is 7.48. The third-order valence-corrected chi connectivity index (χ3v) is 9.14. The quantitative estimate of drug-likeness (QED) is 0.167. The van der Waals surface area contributed by atoms with Crippen LogP contribution in [-0.4, -0.2) is 4.98 Å². The third kappa shape index (κ3) is 5.34. The number of aromatic nitrogens is 1. The fraction of sp³-hybridized carbons (Fsp3) is 0. The van der Waals surface area contributed by atoms with Crippen LogP contribution in [0, 0.1) is 17.9 Å². The van der Waals surface area contributed by atoms with Gasteiger partial charge in [-0.2, -0.15) is 5.26 Å². The molecule has 2 aromatic heterocycles. The zero-order valence-electron chi connectivity index (χ0n) is 27.1. The van der Waals surface area contributed by atoms with E-state index in [2.05, 4.69) is 93.6 Å². The van der Waals surface area contributed by atoms with E-state index in [-0.39, 0.29) is 0 Å². The Labute approximate surface area is 293 Å². The Kier molecular flexibility index (Phi) is 7.13. The Morgan fingerprint density at radius 2 is 1.20 bits per heavy atom. The monoisotopic (exact) mass is 654 g/mol. The standard InChI is InChI=1S/C45H26N4O2/c1-47-34-26-29(28-46)25-33(27-34)30-13-19-35(20-14-30)49(37-23-17-32(18-24-37)45-48-41-10-3-5-12-43(41)51-45)36-21-15-31(16-22-36)38-8-6-9-40-39-7-2-4-11-42(39)50-44(38)40/h2-27H. The lowest BCUT2D eigenvalue weighted by molar-refractivity contribution is 0.620. The van der Waals surface area contributed by atoms with E-state index in [1.54, 1.807) is 6.07 Å². The van der Waals surface area contributed by atoms with Gasteiger partial charge in [-0.25, -0.2) is 9.83 Å². The van der Waals surface area contributed by atoms with Crippen molar-refractivity contribution >= 4 is 55.8 Å². The minimum atomic E-state index is 0.437. The number of rotatable bonds is 6. The number of anilines is 3. The first kappa shape index (κ1) is 29.7. The van der Waals surface area contributed by atoms with Crippen LogP contribution in [0.5, 0.6) is 0 Å². The van der Waals surface area contributed by atoms with Crippen LogP contribution in [0.3, 0.4) is 0 Å². The number of hydrogen-bond donors (Lipinski definition) is 0. The molecule has 9 rings (SSSR count). The van der Waals surface area contributed by atoms with Gasteiger partial charge in [0.15, 0.2) is 11.3 Å². The van der Waals surface area contributed by atoms with Crippen molar-refractivity contribution in [2.24, 2.45) is 0 Å². The summed E-state index contributed by atoms with van der Waals surface area (Å²) in [7, 11) is 0. The molecule has 0 bridgehead atoms. The van der Waals surface area contributed by atoms with Gasteiger partial charge < -0.3 is 13.7 Å². The summed E-state index contributed by atoms with van der Waals surface area (Å²) in [5, 5.41) is 11.7. The maximum atomic E-state index is 9.53. The lowest BCUT2D eigenvalue weighted by atomic mass is 10.0. The van der Waals surface area contributed by atoms with Crippen molar-refractivity contribution in [1.82, 2.24) is 4.98 Å². The fourth-order valence-corrected chi connectivity index (χ4v) is 6.67. The zero-order valence-corrected chi connectivity index (χ0v) is 27.1. The number of para-hydroxylation sites is 4. The Morgan fingerprint density at radius 1 is 0.569 bits per heavy atom. The average Bonchev–Trinajstić information content (AvgIpc) is 3.81. The van der Waals surface area contributed by atoms with Crippen molar-refractivity contribution < 1.29 is 8.83 Å². The van der Waals surface area contributed by atoms with E-state index in [0.29, 0.717) is 17.1 Å². The molecule has 0 amide bonds. The van der Waals surface area contributed by atoms with Crippen LogP contribution in [-0.2, 0) is 0 Å². The molecule has 0 fully saturated rings. The molecule has 0 unspecified atom stereocenters. The van der Waals surface area contributed by atoms with E-state index in [9.17, 15) is 5.26 Å². The second-order valence-corrected chi connectivity index (χ2v) is 12.2. The predicted octanol–water partition coefficient (Wildman–Crippen LogP) is 12.6. The van der Waals surface area contributed by atoms with Crippen LogP contribution in [0.25, 0.3) is 71.6 Å². The second kappa shape index (κ2) is 12.2. The Bertz CT molecular complexity index is 2750. The van der Waals surface area contributed by atoms with Crippen LogP contribution in [0.2, 0.25) is 0 Å². The van der Waals surface area contributed by atoms with E-state index in [4.69, 9.17) is 15.4 Å². The summed E-state index contributed by atoms with van der Waals surface area (Å²) < 4.78 is 12.4. The van der Waals surface area contributed by atoms with E-state index in [0.717, 1.165) is 77.9 Å². The summed E-state index contributed by atoms with van der Waals surface area (Å²) >= 11 is 0. The molecule has 6 heteroatoms. The first-order valence-corrected chi connectivity index (χ1v) is 16.5. The molecule has 0 N–H and O–H groups in total. The van der Waals surface area contributed by atoms with Crippen molar-refractivity contribution in [3.8, 4) is 39.8 Å². The van der Waals surface area contributed by atoms with Gasteiger partial charge in [0.05, 0.1) is 12.6 Å². The van der Waals surface area contributed by atoms with Gasteiger partial charge in [0.25, 0.3) is 0 Å². The average molecular weight is 655 g/mol. The lowest BCUT2D eigenvalue weighted by Gasteiger charge is -2.26. The van der Waals surface area contributed by atoms with Gasteiger partial charge in [-0.15, -0.1) is 0 Å². The highest BCUT2D eigenvalue weighted by atomic mass is 16.3. The second-order valence-electron chi connectivity index (χ2n) is 12.2. The highest BCUT2D eigenvalue weighted by Gasteiger charge is 2.17. The lowest BCUT2D eigenvalue weighted by Crippen LogP contribution is -2.09. The summed E-state index contributed by atoms with van der Waals surface area (Å²) in [5.74, 6) is 0.571. The predicted molar refractivity (Wildman–Crippen MR) is 203 cm³/mol. The topological polar surface area (TPSA) is 70.6 Å². The van der Waals surface area contributed by atoms with E-state index < -0.39 is 0 Å². The molecule has 0 aliphatic rings. The molecular weight excluding hydrogens is 629 g/mol. The minimum Gasteiger partial charge on any atom is -0.455 e. The number of furan rings is 1. The van der Waals surface area contributed by atoms with Crippen molar-refractivity contribution in [2.75, 3.05) is 4.90 Å². The van der Waals surface area contributed by atoms with Crippen LogP contribution in [0.4, 0.5) is 22.7 Å². The van der Waals surface area contributed by atoms with Gasteiger partial charge >= 0.3 is 0 Å². The Morgan fingerprint density at radius 3 is 1.88 bits per heavy atom. The number of hydrogen-bond acceptors (Lipinski definition) is 5. The maximum absolute atomic E-state index is 9.53. The largest absolute Gasteiger partial charge is 0.455 e. The molecule has 7 aromatic carbocycles. The first-order chi connectivity index (χ1) is 25.1. The van der Waals surface area contributed by atoms with Crippen LogP contribution < -0.4 is 4.90 Å². The van der Waals surface area contributed by atoms with E-state index in [1.807, 2.05) is 78.9 Å². The molecule has 6 nitrogen and oxygen atoms in total. The number of benzene rings is 7. The number of nitrogens with zero attached hydrogens (tertiary/aromatic N) is 4. The van der Waals surface area contributed by atoms with Gasteiger partial charge in [-0.05, 0) is 102 Å². The smallest absolute Gasteiger partial charge is 0.227 e. The highest BCUT2D eigenvalue weighted by molar-refractivity contribution is 6.09. The molecule has 0 saturated carbocycles. The van der Waals surface area contributed by atoms with Crippen LogP contribution in [0.1, 0.15) is 5.56 Å². The molecule has 238 valence electrons. The molecule has 0 radical (unpaired) electrons. The van der Waals surface area contributed by atoms with Gasteiger partial charge in [0.1, 0.15) is 16.7 Å². The van der Waals surface area contributed by atoms with Gasteiger partial charge in [0, 0.05) is 44.5 Å². The summed E-state index contributed by atoms with van der Waals surface area (Å²) in [6, 6.07) is 54.4. The Hall–Kier alpha value is -7.41. The maximum Gasteiger partial charge on any atom is 0.227 e. The summed E-state index contributed by atoms with van der Waals surface area (Å²) in [5.41, 5.74) is 11.8.